The third-order valence-electron chi connectivity index (χ3n) is 8.59. The standard InChI is InChI=1S/C30H54N2O5/c1-10-12-25-23(4)26-14-13-24(25)19-30(26,37-27(33)22(2)3)15-18-31(6)16-11-17-32(7)28(34)29(5,20-35-8)21-36-9/h22,24,26H,10-21H2,1-9H3/t24-,26-,30+/m1/s1. The SMILES string of the molecule is CCCC1=C(C)[C@H]2CC[C@@H]1C[C@]2(CCN(C)CCCN(C)C(=O)C(C)(COC)COC)OC(=O)C(C)C. The van der Waals surface area contributed by atoms with E-state index in [1.807, 2.05) is 27.8 Å². The summed E-state index contributed by atoms with van der Waals surface area (Å²) in [6.45, 7) is 13.4. The smallest absolute Gasteiger partial charge is 0.308 e. The molecule has 0 unspecified atom stereocenters. The Balaban J connectivity index is 2.00. The molecule has 0 aromatic carbocycles. The van der Waals surface area contributed by atoms with Crippen LogP contribution in [-0.2, 0) is 23.8 Å². The Morgan fingerprint density at radius 3 is 2.27 bits per heavy atom. The molecule has 7 heteroatoms. The summed E-state index contributed by atoms with van der Waals surface area (Å²) in [6.07, 6.45) is 7.37. The van der Waals surface area contributed by atoms with Gasteiger partial charge in [0.15, 0.2) is 0 Å². The topological polar surface area (TPSA) is 68.3 Å². The Hall–Kier alpha value is -1.44. The molecular formula is C30H54N2O5. The first-order valence-corrected chi connectivity index (χ1v) is 14.3. The van der Waals surface area contributed by atoms with E-state index < -0.39 is 11.0 Å². The van der Waals surface area contributed by atoms with Gasteiger partial charge in [-0.3, -0.25) is 9.59 Å². The quantitative estimate of drug-likeness (QED) is 0.211. The summed E-state index contributed by atoms with van der Waals surface area (Å²) in [5, 5.41) is 0. The number of esters is 1. The molecule has 0 aromatic rings. The van der Waals surface area contributed by atoms with Crippen LogP contribution in [0.15, 0.2) is 11.1 Å². The van der Waals surface area contributed by atoms with Crippen molar-refractivity contribution in [1.29, 1.82) is 0 Å². The summed E-state index contributed by atoms with van der Waals surface area (Å²) in [5.74, 6) is 0.725. The molecule has 7 nitrogen and oxygen atoms in total. The molecule has 0 radical (unpaired) electrons. The largest absolute Gasteiger partial charge is 0.458 e. The lowest BCUT2D eigenvalue weighted by molar-refractivity contribution is -0.178. The van der Waals surface area contributed by atoms with Gasteiger partial charge in [-0.2, -0.15) is 0 Å². The number of rotatable bonds is 16. The van der Waals surface area contributed by atoms with Gasteiger partial charge in [-0.05, 0) is 65.5 Å². The monoisotopic (exact) mass is 522 g/mol. The van der Waals surface area contributed by atoms with Crippen molar-refractivity contribution in [2.45, 2.75) is 85.2 Å². The number of amides is 1. The Morgan fingerprint density at radius 2 is 1.73 bits per heavy atom. The van der Waals surface area contributed by atoms with Crippen LogP contribution in [0.3, 0.4) is 0 Å². The summed E-state index contributed by atoms with van der Waals surface area (Å²) in [5.41, 5.74) is 2.04. The molecule has 1 amide bonds. The summed E-state index contributed by atoms with van der Waals surface area (Å²) in [6, 6.07) is 0. The van der Waals surface area contributed by atoms with Crippen LogP contribution in [0.1, 0.15) is 79.6 Å². The number of nitrogens with zero attached hydrogens (tertiary/aromatic N) is 2. The predicted molar refractivity (Wildman–Crippen MR) is 148 cm³/mol. The molecule has 3 atom stereocenters. The Morgan fingerprint density at radius 1 is 1.08 bits per heavy atom. The van der Waals surface area contributed by atoms with E-state index in [9.17, 15) is 9.59 Å². The molecule has 0 saturated heterocycles. The minimum absolute atomic E-state index is 0.0433. The van der Waals surface area contributed by atoms with Gasteiger partial charge in [0.05, 0.1) is 24.5 Å². The number of methoxy groups -OCH3 is 2. The van der Waals surface area contributed by atoms with E-state index in [0.29, 0.717) is 31.6 Å². The highest BCUT2D eigenvalue weighted by Crippen LogP contribution is 2.54. The van der Waals surface area contributed by atoms with Gasteiger partial charge >= 0.3 is 5.97 Å². The van der Waals surface area contributed by atoms with E-state index in [-0.39, 0.29) is 17.8 Å². The number of allylic oxidation sites excluding steroid dienone is 1. The third-order valence-corrected chi connectivity index (χ3v) is 8.59. The molecular weight excluding hydrogens is 468 g/mol. The maximum absolute atomic E-state index is 13.0. The summed E-state index contributed by atoms with van der Waals surface area (Å²) >= 11 is 0. The van der Waals surface area contributed by atoms with Crippen molar-refractivity contribution in [3.63, 3.8) is 0 Å². The number of hydrogen-bond acceptors (Lipinski definition) is 6. The molecule has 0 spiro atoms. The number of hydrogen-bond donors (Lipinski definition) is 0. The van der Waals surface area contributed by atoms with E-state index in [0.717, 1.165) is 38.8 Å². The molecule has 0 aromatic heterocycles. The fourth-order valence-electron chi connectivity index (χ4n) is 6.61. The zero-order valence-corrected chi connectivity index (χ0v) is 25.2. The van der Waals surface area contributed by atoms with Crippen molar-refractivity contribution in [2.75, 3.05) is 61.2 Å². The molecule has 2 bridgehead atoms. The molecule has 3 aliphatic rings. The minimum atomic E-state index is -0.681. The first kappa shape index (κ1) is 31.8. The van der Waals surface area contributed by atoms with Gasteiger partial charge in [0.25, 0.3) is 0 Å². The molecule has 37 heavy (non-hydrogen) atoms. The van der Waals surface area contributed by atoms with Gasteiger partial charge in [-0.1, -0.05) is 38.3 Å². The van der Waals surface area contributed by atoms with Gasteiger partial charge in [0, 0.05) is 46.7 Å². The predicted octanol–water partition coefficient (Wildman–Crippen LogP) is 4.94. The fraction of sp³-hybridized carbons (Fsp3) is 0.867. The van der Waals surface area contributed by atoms with Crippen molar-refractivity contribution in [2.24, 2.45) is 23.2 Å². The van der Waals surface area contributed by atoms with Gasteiger partial charge < -0.3 is 24.0 Å². The second-order valence-corrected chi connectivity index (χ2v) is 12.2. The van der Waals surface area contributed by atoms with Gasteiger partial charge in [-0.15, -0.1) is 0 Å². The van der Waals surface area contributed by atoms with Gasteiger partial charge in [0.2, 0.25) is 5.91 Å². The number of carbonyl (C=O) groups excluding carboxylic acids is 2. The van der Waals surface area contributed by atoms with Crippen LogP contribution in [0.5, 0.6) is 0 Å². The summed E-state index contributed by atoms with van der Waals surface area (Å²) < 4.78 is 17.0. The van der Waals surface area contributed by atoms with Crippen LogP contribution in [0, 0.1) is 23.2 Å². The van der Waals surface area contributed by atoms with Crippen LogP contribution in [0.25, 0.3) is 0 Å². The molecule has 0 N–H and O–H groups in total. The van der Waals surface area contributed by atoms with Gasteiger partial charge in [-0.25, -0.2) is 0 Å². The van der Waals surface area contributed by atoms with Crippen molar-refractivity contribution >= 4 is 11.9 Å². The van der Waals surface area contributed by atoms with Crippen LogP contribution in [0.4, 0.5) is 0 Å². The summed E-state index contributed by atoms with van der Waals surface area (Å²) in [7, 11) is 7.21. The zero-order valence-electron chi connectivity index (χ0n) is 25.2. The van der Waals surface area contributed by atoms with E-state index in [4.69, 9.17) is 14.2 Å². The highest BCUT2D eigenvalue weighted by molar-refractivity contribution is 5.82. The number of carbonyl (C=O) groups is 2. The van der Waals surface area contributed by atoms with E-state index >= 15 is 0 Å². The molecule has 1 fully saturated rings. The fourth-order valence-corrected chi connectivity index (χ4v) is 6.61. The zero-order chi connectivity index (χ0) is 27.8. The van der Waals surface area contributed by atoms with Crippen molar-refractivity contribution in [3.8, 4) is 0 Å². The maximum atomic E-state index is 13.0. The molecule has 1 saturated carbocycles. The molecule has 3 rings (SSSR count). The van der Waals surface area contributed by atoms with E-state index in [1.54, 1.807) is 24.7 Å². The highest BCUT2D eigenvalue weighted by Gasteiger charge is 2.52. The average Bonchev–Trinajstić information content (AvgIpc) is 2.84. The highest BCUT2D eigenvalue weighted by atomic mass is 16.6. The Kier molecular flexibility index (Phi) is 12.1. The lowest BCUT2D eigenvalue weighted by Crippen LogP contribution is -2.53. The average molecular weight is 523 g/mol. The molecule has 214 valence electrons. The van der Waals surface area contributed by atoms with Crippen molar-refractivity contribution in [1.82, 2.24) is 9.80 Å². The number of fused-ring (bicyclic) bond motifs is 2. The van der Waals surface area contributed by atoms with Crippen LogP contribution in [-0.4, -0.2) is 88.4 Å². The Labute approximate surface area is 226 Å². The number of ether oxygens (including phenoxy) is 3. The third kappa shape index (κ3) is 7.79. The lowest BCUT2D eigenvalue weighted by Gasteiger charge is -2.53. The van der Waals surface area contributed by atoms with Crippen molar-refractivity contribution in [3.05, 3.63) is 11.1 Å². The van der Waals surface area contributed by atoms with Crippen LogP contribution in [0.2, 0.25) is 0 Å². The Bertz CT molecular complexity index is 789. The molecule has 0 aliphatic heterocycles. The van der Waals surface area contributed by atoms with Crippen LogP contribution < -0.4 is 0 Å². The molecule has 3 aliphatic carbocycles. The first-order valence-electron chi connectivity index (χ1n) is 14.3. The summed E-state index contributed by atoms with van der Waals surface area (Å²) in [4.78, 5) is 30.0. The second-order valence-electron chi connectivity index (χ2n) is 12.2. The van der Waals surface area contributed by atoms with Crippen LogP contribution >= 0.6 is 0 Å². The van der Waals surface area contributed by atoms with E-state index in [2.05, 4.69) is 25.8 Å². The first-order chi connectivity index (χ1) is 17.4. The normalized spacial score (nSPS) is 23.8. The maximum Gasteiger partial charge on any atom is 0.308 e. The lowest BCUT2D eigenvalue weighted by atomic mass is 9.58. The van der Waals surface area contributed by atoms with Crippen molar-refractivity contribution < 1.29 is 23.8 Å². The molecule has 0 heterocycles. The minimum Gasteiger partial charge on any atom is -0.458 e. The second kappa shape index (κ2) is 14.1. The van der Waals surface area contributed by atoms with Gasteiger partial charge in [0.1, 0.15) is 5.60 Å². The van der Waals surface area contributed by atoms with E-state index in [1.165, 1.54) is 24.8 Å².